The Labute approximate surface area is 154 Å². The number of hydrogen-bond donors (Lipinski definition) is 0. The van der Waals surface area contributed by atoms with Crippen LogP contribution in [-0.4, -0.2) is 16.9 Å². The molecule has 2 heterocycles. The second-order valence-corrected chi connectivity index (χ2v) is 7.01. The molecular weight excluding hydrogens is 350 g/mol. The molecule has 0 aliphatic rings. The molecule has 0 bridgehead atoms. The quantitative estimate of drug-likeness (QED) is 0.364. The van der Waals surface area contributed by atoms with Gasteiger partial charge in [-0.3, -0.25) is 4.79 Å². The van der Waals surface area contributed by atoms with E-state index in [4.69, 9.17) is 13.7 Å². The van der Waals surface area contributed by atoms with Crippen LogP contribution in [0.3, 0.4) is 0 Å². The van der Waals surface area contributed by atoms with Gasteiger partial charge in [-0.25, -0.2) is 0 Å². The number of aromatic nitrogens is 1. The number of carbonyl (C=O) groups is 1. The molecule has 0 amide bonds. The van der Waals surface area contributed by atoms with Crippen molar-refractivity contribution in [3.8, 4) is 5.75 Å². The molecular formula is C20H17NO4S. The number of furan rings is 1. The highest BCUT2D eigenvalue weighted by Crippen LogP contribution is 2.31. The van der Waals surface area contributed by atoms with Crippen LogP contribution in [0.25, 0.3) is 21.9 Å². The molecule has 2 aromatic carbocycles. The third-order valence-corrected chi connectivity index (χ3v) is 5.16. The first-order valence-electron chi connectivity index (χ1n) is 8.23. The van der Waals surface area contributed by atoms with Gasteiger partial charge in [0.25, 0.3) is 0 Å². The minimum atomic E-state index is -0.283. The molecule has 2 aromatic heterocycles. The van der Waals surface area contributed by atoms with Crippen molar-refractivity contribution in [2.24, 2.45) is 0 Å². The molecule has 0 aliphatic carbocycles. The zero-order chi connectivity index (χ0) is 18.1. The van der Waals surface area contributed by atoms with E-state index in [0.29, 0.717) is 11.5 Å². The van der Waals surface area contributed by atoms with Crippen molar-refractivity contribution in [3.63, 3.8) is 0 Å². The Kier molecular flexibility index (Phi) is 4.42. The van der Waals surface area contributed by atoms with E-state index < -0.39 is 0 Å². The molecule has 0 saturated carbocycles. The van der Waals surface area contributed by atoms with Gasteiger partial charge in [0, 0.05) is 22.1 Å². The van der Waals surface area contributed by atoms with Gasteiger partial charge in [-0.2, -0.15) is 0 Å². The molecule has 0 saturated heterocycles. The fourth-order valence-corrected chi connectivity index (χ4v) is 3.82. The number of aryl methyl sites for hydroxylation is 2. The lowest BCUT2D eigenvalue weighted by Gasteiger charge is -2.04. The summed E-state index contributed by atoms with van der Waals surface area (Å²) in [7, 11) is 0. The van der Waals surface area contributed by atoms with Crippen LogP contribution >= 0.6 is 11.8 Å². The highest BCUT2D eigenvalue weighted by Gasteiger charge is 2.12. The fraction of sp³-hybridized carbons (Fsp3) is 0.200. The molecule has 0 N–H and O–H groups in total. The van der Waals surface area contributed by atoms with Crippen molar-refractivity contribution in [1.82, 2.24) is 5.16 Å². The molecule has 132 valence electrons. The maximum absolute atomic E-state index is 12.1. The molecule has 0 fully saturated rings. The topological polar surface area (TPSA) is 65.5 Å². The number of nitrogens with zero attached hydrogens (tertiary/aromatic N) is 1. The Balaban J connectivity index is 1.43. The van der Waals surface area contributed by atoms with Gasteiger partial charge in [0.05, 0.1) is 11.4 Å². The van der Waals surface area contributed by atoms with E-state index in [1.54, 1.807) is 6.07 Å². The van der Waals surface area contributed by atoms with Crippen LogP contribution in [0.4, 0.5) is 0 Å². The molecule has 4 aromatic rings. The lowest BCUT2D eigenvalue weighted by molar-refractivity contribution is -0.131. The summed E-state index contributed by atoms with van der Waals surface area (Å²) >= 11 is 1.48. The fourth-order valence-electron chi connectivity index (χ4n) is 2.87. The third kappa shape index (κ3) is 3.20. The summed E-state index contributed by atoms with van der Waals surface area (Å²) in [5.74, 6) is 1.96. The molecule has 4 rings (SSSR count). The first-order chi connectivity index (χ1) is 12.6. The molecule has 0 spiro atoms. The number of benzene rings is 2. The maximum atomic E-state index is 12.1. The first-order valence-corrected chi connectivity index (χ1v) is 9.39. The Morgan fingerprint density at radius 2 is 1.92 bits per heavy atom. The predicted octanol–water partition coefficient (Wildman–Crippen LogP) is 5.03. The zero-order valence-electron chi connectivity index (χ0n) is 14.4. The Morgan fingerprint density at radius 3 is 2.73 bits per heavy atom. The molecule has 5 nitrogen and oxygen atoms in total. The number of para-hydroxylation sites is 1. The SMILES string of the molecule is Cc1noc(C)c1CSCC(=O)Oc1ccc2oc3ccccc3c2c1. The number of fused-ring (bicyclic) bond motifs is 3. The van der Waals surface area contributed by atoms with Gasteiger partial charge in [-0.1, -0.05) is 23.4 Å². The van der Waals surface area contributed by atoms with Crippen molar-refractivity contribution in [3.05, 3.63) is 59.5 Å². The number of esters is 1. The summed E-state index contributed by atoms with van der Waals surface area (Å²) in [6.45, 7) is 3.77. The molecule has 0 unspecified atom stereocenters. The summed E-state index contributed by atoms with van der Waals surface area (Å²) in [5.41, 5.74) is 3.49. The Morgan fingerprint density at radius 1 is 1.12 bits per heavy atom. The number of hydrogen-bond acceptors (Lipinski definition) is 6. The molecule has 6 heteroatoms. The van der Waals surface area contributed by atoms with Crippen LogP contribution < -0.4 is 4.74 Å². The van der Waals surface area contributed by atoms with Crippen LogP contribution in [0.5, 0.6) is 5.75 Å². The average Bonchev–Trinajstić information content (AvgIpc) is 3.16. The van der Waals surface area contributed by atoms with E-state index in [0.717, 1.165) is 39.0 Å². The van der Waals surface area contributed by atoms with Crippen molar-refractivity contribution < 1.29 is 18.5 Å². The highest BCUT2D eigenvalue weighted by molar-refractivity contribution is 7.99. The van der Waals surface area contributed by atoms with Gasteiger partial charge < -0.3 is 13.7 Å². The first kappa shape index (κ1) is 16.7. The summed E-state index contributed by atoms with van der Waals surface area (Å²) in [4.78, 5) is 12.1. The minimum Gasteiger partial charge on any atom is -0.456 e. The maximum Gasteiger partial charge on any atom is 0.321 e. The van der Waals surface area contributed by atoms with Crippen LogP contribution in [0.2, 0.25) is 0 Å². The number of rotatable bonds is 5. The van der Waals surface area contributed by atoms with Crippen molar-refractivity contribution in [2.45, 2.75) is 19.6 Å². The number of carbonyl (C=O) groups excluding carboxylic acids is 1. The molecule has 0 aliphatic heterocycles. The normalized spacial score (nSPS) is 11.3. The lowest BCUT2D eigenvalue weighted by atomic mass is 10.1. The van der Waals surface area contributed by atoms with Crippen molar-refractivity contribution >= 4 is 39.7 Å². The van der Waals surface area contributed by atoms with E-state index in [2.05, 4.69) is 5.16 Å². The summed E-state index contributed by atoms with van der Waals surface area (Å²) in [6, 6.07) is 13.2. The summed E-state index contributed by atoms with van der Waals surface area (Å²) in [5, 5.41) is 5.86. The predicted molar refractivity (Wildman–Crippen MR) is 101 cm³/mol. The highest BCUT2D eigenvalue weighted by atomic mass is 32.2. The molecule has 0 radical (unpaired) electrons. The van der Waals surface area contributed by atoms with E-state index >= 15 is 0 Å². The molecule has 26 heavy (non-hydrogen) atoms. The Hall–Kier alpha value is -2.73. The van der Waals surface area contributed by atoms with Crippen LogP contribution in [-0.2, 0) is 10.5 Å². The smallest absolute Gasteiger partial charge is 0.321 e. The monoisotopic (exact) mass is 367 g/mol. The Bertz CT molecular complexity index is 1080. The van der Waals surface area contributed by atoms with Gasteiger partial charge >= 0.3 is 5.97 Å². The van der Waals surface area contributed by atoms with Crippen LogP contribution in [0.1, 0.15) is 17.0 Å². The van der Waals surface area contributed by atoms with Gasteiger partial charge in [0.2, 0.25) is 0 Å². The van der Waals surface area contributed by atoms with Gasteiger partial charge in [-0.05, 0) is 38.1 Å². The van der Waals surface area contributed by atoms with E-state index in [9.17, 15) is 4.79 Å². The standard InChI is InChI=1S/C20H17NO4S/c1-12-17(13(2)25-21-12)10-26-11-20(22)23-14-7-8-19-16(9-14)15-5-3-4-6-18(15)24-19/h3-9H,10-11H2,1-2H3. The minimum absolute atomic E-state index is 0.258. The van der Waals surface area contributed by atoms with E-state index in [1.807, 2.05) is 50.2 Å². The summed E-state index contributed by atoms with van der Waals surface area (Å²) in [6.07, 6.45) is 0. The molecule has 0 atom stereocenters. The number of thioether (sulfide) groups is 1. The second-order valence-electron chi connectivity index (χ2n) is 6.03. The van der Waals surface area contributed by atoms with Gasteiger partial charge in [-0.15, -0.1) is 11.8 Å². The van der Waals surface area contributed by atoms with Crippen LogP contribution in [0, 0.1) is 13.8 Å². The lowest BCUT2D eigenvalue weighted by Crippen LogP contribution is -2.10. The summed E-state index contributed by atoms with van der Waals surface area (Å²) < 4.78 is 16.4. The van der Waals surface area contributed by atoms with Gasteiger partial charge in [0.1, 0.15) is 22.7 Å². The van der Waals surface area contributed by atoms with Crippen molar-refractivity contribution in [1.29, 1.82) is 0 Å². The largest absolute Gasteiger partial charge is 0.456 e. The van der Waals surface area contributed by atoms with Gasteiger partial charge in [0.15, 0.2) is 0 Å². The van der Waals surface area contributed by atoms with Crippen molar-refractivity contribution in [2.75, 3.05) is 5.75 Å². The van der Waals surface area contributed by atoms with Crippen LogP contribution in [0.15, 0.2) is 51.4 Å². The second kappa shape index (κ2) is 6.88. The zero-order valence-corrected chi connectivity index (χ0v) is 15.3. The average molecular weight is 367 g/mol. The van der Waals surface area contributed by atoms with E-state index in [1.165, 1.54) is 11.8 Å². The number of ether oxygens (including phenoxy) is 1. The third-order valence-electron chi connectivity index (χ3n) is 4.23. The van der Waals surface area contributed by atoms with E-state index in [-0.39, 0.29) is 11.7 Å².